The number of rotatable bonds is 5. The van der Waals surface area contributed by atoms with Crippen LogP contribution >= 0.6 is 11.3 Å². The molecular weight excluding hydrogens is 314 g/mol. The van der Waals surface area contributed by atoms with Gasteiger partial charge in [-0.25, -0.2) is 0 Å². The standard InChI is InChI=1S/C21H27NOS/c1-14(23)19-17-13-21(2,3)11-9-18(17)24-20(19)16-8-6-5-7-15(16)10-12-22-4/h5-8,22-23H,1,9-13H2,2-4H3. The second-order valence-electron chi connectivity index (χ2n) is 7.51. The van der Waals surface area contributed by atoms with Crippen LogP contribution in [0.5, 0.6) is 0 Å². The van der Waals surface area contributed by atoms with Crippen LogP contribution in [0.1, 0.15) is 41.8 Å². The molecule has 2 N–H and O–H groups in total. The van der Waals surface area contributed by atoms with Gasteiger partial charge in [0.15, 0.2) is 0 Å². The van der Waals surface area contributed by atoms with Gasteiger partial charge in [0, 0.05) is 15.3 Å². The number of thiophene rings is 1. The molecule has 0 amide bonds. The van der Waals surface area contributed by atoms with Crippen molar-refractivity contribution in [1.29, 1.82) is 0 Å². The molecule has 1 heterocycles. The molecule has 1 aliphatic carbocycles. The first-order valence-electron chi connectivity index (χ1n) is 8.68. The Morgan fingerprint density at radius 3 is 2.79 bits per heavy atom. The first kappa shape index (κ1) is 17.2. The largest absolute Gasteiger partial charge is 0.508 e. The third-order valence-corrected chi connectivity index (χ3v) is 6.29. The van der Waals surface area contributed by atoms with E-state index in [1.807, 2.05) is 18.4 Å². The molecule has 1 aliphatic rings. The molecule has 0 fully saturated rings. The zero-order chi connectivity index (χ0) is 17.3. The van der Waals surface area contributed by atoms with Gasteiger partial charge in [-0.1, -0.05) is 44.7 Å². The van der Waals surface area contributed by atoms with E-state index in [-0.39, 0.29) is 5.76 Å². The highest BCUT2D eigenvalue weighted by molar-refractivity contribution is 7.16. The number of aliphatic hydroxyl groups is 1. The number of fused-ring (bicyclic) bond motifs is 1. The number of aliphatic hydroxyl groups excluding tert-OH is 1. The van der Waals surface area contributed by atoms with Crippen molar-refractivity contribution in [3.63, 3.8) is 0 Å². The number of hydrogen-bond acceptors (Lipinski definition) is 3. The van der Waals surface area contributed by atoms with E-state index < -0.39 is 0 Å². The van der Waals surface area contributed by atoms with Crippen LogP contribution in [0.3, 0.4) is 0 Å². The summed E-state index contributed by atoms with van der Waals surface area (Å²) in [5.41, 5.74) is 5.17. The zero-order valence-corrected chi connectivity index (χ0v) is 15.7. The Morgan fingerprint density at radius 1 is 1.33 bits per heavy atom. The van der Waals surface area contributed by atoms with Crippen molar-refractivity contribution in [3.05, 3.63) is 52.4 Å². The maximum atomic E-state index is 10.3. The summed E-state index contributed by atoms with van der Waals surface area (Å²) in [6.07, 6.45) is 4.31. The zero-order valence-electron chi connectivity index (χ0n) is 14.9. The van der Waals surface area contributed by atoms with E-state index in [9.17, 15) is 5.11 Å². The second-order valence-corrected chi connectivity index (χ2v) is 8.61. The Bertz CT molecular complexity index is 757. The molecule has 1 aromatic heterocycles. The summed E-state index contributed by atoms with van der Waals surface area (Å²) in [5.74, 6) is 0.212. The van der Waals surface area contributed by atoms with Gasteiger partial charge in [0.05, 0.1) is 0 Å². The lowest BCUT2D eigenvalue weighted by molar-refractivity contribution is 0.317. The lowest BCUT2D eigenvalue weighted by Gasteiger charge is -2.30. The van der Waals surface area contributed by atoms with Crippen molar-refractivity contribution in [3.8, 4) is 10.4 Å². The van der Waals surface area contributed by atoms with Crippen LogP contribution in [0.25, 0.3) is 16.2 Å². The summed E-state index contributed by atoms with van der Waals surface area (Å²) in [6.45, 7) is 9.47. The molecule has 1 aromatic carbocycles. The van der Waals surface area contributed by atoms with Gasteiger partial charge in [-0.3, -0.25) is 0 Å². The van der Waals surface area contributed by atoms with Gasteiger partial charge >= 0.3 is 0 Å². The predicted octanol–water partition coefficient (Wildman–Crippen LogP) is 5.22. The van der Waals surface area contributed by atoms with Crippen molar-refractivity contribution in [1.82, 2.24) is 5.32 Å². The van der Waals surface area contributed by atoms with E-state index in [1.165, 1.54) is 32.9 Å². The average Bonchev–Trinajstić information content (AvgIpc) is 2.90. The summed E-state index contributed by atoms with van der Waals surface area (Å²) in [7, 11) is 1.98. The Hall–Kier alpha value is -1.58. The number of aryl methyl sites for hydroxylation is 1. The van der Waals surface area contributed by atoms with Gasteiger partial charge < -0.3 is 10.4 Å². The Morgan fingerprint density at radius 2 is 2.08 bits per heavy atom. The van der Waals surface area contributed by atoms with E-state index in [0.717, 1.165) is 31.4 Å². The summed E-state index contributed by atoms with van der Waals surface area (Å²) >= 11 is 1.85. The molecule has 0 atom stereocenters. The summed E-state index contributed by atoms with van der Waals surface area (Å²) in [4.78, 5) is 2.62. The van der Waals surface area contributed by atoms with Crippen LogP contribution in [0.4, 0.5) is 0 Å². The molecule has 0 aliphatic heterocycles. The quantitative estimate of drug-likeness (QED) is 0.731. The van der Waals surface area contributed by atoms with Crippen molar-refractivity contribution in [2.75, 3.05) is 13.6 Å². The van der Waals surface area contributed by atoms with Crippen LogP contribution in [0.15, 0.2) is 30.8 Å². The molecule has 0 bridgehead atoms. The van der Waals surface area contributed by atoms with Crippen molar-refractivity contribution >= 4 is 17.1 Å². The van der Waals surface area contributed by atoms with Crippen molar-refractivity contribution in [2.24, 2.45) is 5.41 Å². The fourth-order valence-corrected chi connectivity index (χ4v) is 5.03. The van der Waals surface area contributed by atoms with Gasteiger partial charge in [0.25, 0.3) is 0 Å². The molecule has 2 aromatic rings. The predicted molar refractivity (Wildman–Crippen MR) is 105 cm³/mol. The number of nitrogens with one attached hydrogen (secondary N) is 1. The SMILES string of the molecule is C=C(O)c1c(-c2ccccc2CCNC)sc2c1CC(C)(C)CC2. The van der Waals surface area contributed by atoms with Crippen LogP contribution in [0.2, 0.25) is 0 Å². The Labute approximate surface area is 149 Å². The Balaban J connectivity index is 2.13. The minimum Gasteiger partial charge on any atom is -0.508 e. The molecule has 0 saturated heterocycles. The third-order valence-electron chi connectivity index (χ3n) is 4.97. The van der Waals surface area contributed by atoms with Gasteiger partial charge in [-0.2, -0.15) is 0 Å². The summed E-state index contributed by atoms with van der Waals surface area (Å²) < 4.78 is 0. The number of likely N-dealkylation sites (N-methyl/N-ethyl adjacent to an activating group) is 1. The molecule has 3 heteroatoms. The van der Waals surface area contributed by atoms with E-state index in [4.69, 9.17) is 0 Å². The van der Waals surface area contributed by atoms with Gasteiger partial charge in [0.2, 0.25) is 0 Å². The lowest BCUT2D eigenvalue weighted by atomic mass is 9.75. The number of hydrogen-bond donors (Lipinski definition) is 2. The van der Waals surface area contributed by atoms with Gasteiger partial charge in [0.1, 0.15) is 5.76 Å². The topological polar surface area (TPSA) is 32.3 Å². The molecule has 3 rings (SSSR count). The van der Waals surface area contributed by atoms with Gasteiger partial charge in [-0.05, 0) is 61.4 Å². The molecule has 0 spiro atoms. The number of benzene rings is 1. The first-order chi connectivity index (χ1) is 11.4. The lowest BCUT2D eigenvalue weighted by Crippen LogP contribution is -2.21. The van der Waals surface area contributed by atoms with E-state index >= 15 is 0 Å². The summed E-state index contributed by atoms with van der Waals surface area (Å²) in [5, 5.41) is 13.6. The van der Waals surface area contributed by atoms with E-state index in [2.05, 4.69) is 50.0 Å². The second kappa shape index (κ2) is 6.73. The normalized spacial score (nSPS) is 16.0. The van der Waals surface area contributed by atoms with Crippen LogP contribution in [-0.2, 0) is 19.3 Å². The fourth-order valence-electron chi connectivity index (χ4n) is 3.63. The average molecular weight is 342 g/mol. The monoisotopic (exact) mass is 341 g/mol. The van der Waals surface area contributed by atoms with E-state index in [1.54, 1.807) is 0 Å². The molecule has 2 nitrogen and oxygen atoms in total. The minimum absolute atomic E-state index is 0.212. The third kappa shape index (κ3) is 3.28. The molecule has 0 saturated carbocycles. The molecule has 0 radical (unpaired) electrons. The summed E-state index contributed by atoms with van der Waals surface area (Å²) in [6, 6.07) is 8.56. The highest BCUT2D eigenvalue weighted by Crippen LogP contribution is 2.47. The first-order valence-corrected chi connectivity index (χ1v) is 9.50. The minimum atomic E-state index is 0.212. The van der Waals surface area contributed by atoms with E-state index in [0.29, 0.717) is 5.41 Å². The Kier molecular flexibility index (Phi) is 4.84. The highest BCUT2D eigenvalue weighted by Gasteiger charge is 2.31. The highest BCUT2D eigenvalue weighted by atomic mass is 32.1. The van der Waals surface area contributed by atoms with Crippen LogP contribution in [-0.4, -0.2) is 18.7 Å². The molecule has 0 unspecified atom stereocenters. The molecule has 24 heavy (non-hydrogen) atoms. The maximum Gasteiger partial charge on any atom is 0.117 e. The van der Waals surface area contributed by atoms with Crippen molar-refractivity contribution in [2.45, 2.75) is 39.5 Å². The van der Waals surface area contributed by atoms with Gasteiger partial charge in [-0.15, -0.1) is 11.3 Å². The maximum absolute atomic E-state index is 10.3. The molecular formula is C21H27NOS. The molecule has 128 valence electrons. The van der Waals surface area contributed by atoms with Crippen molar-refractivity contribution < 1.29 is 5.11 Å². The van der Waals surface area contributed by atoms with Crippen LogP contribution < -0.4 is 5.32 Å². The smallest absolute Gasteiger partial charge is 0.117 e. The fraction of sp³-hybridized carbons (Fsp3) is 0.429. The van der Waals surface area contributed by atoms with Crippen LogP contribution in [0, 0.1) is 5.41 Å².